The van der Waals surface area contributed by atoms with Crippen molar-refractivity contribution in [2.24, 2.45) is 0 Å². The topological polar surface area (TPSA) is 94.7 Å². The van der Waals surface area contributed by atoms with Gasteiger partial charge in [0, 0.05) is 47.9 Å². The molecule has 0 saturated heterocycles. The smallest absolute Gasteiger partial charge is 0.329 e. The van der Waals surface area contributed by atoms with E-state index in [1.54, 1.807) is 58.9 Å². The average molecular weight is 753 g/mol. The SMILES string of the molecule is CCCN(CCOc1c(Cl)cc(Cl)cc1Cl)C(=O)n1ccnc1.CCCN(CCOc1c(Cl)cc(Cl)cc1Cl)C(=O)n1ccnc1. The van der Waals surface area contributed by atoms with E-state index in [4.69, 9.17) is 79.1 Å². The number of hydrogen-bond acceptors (Lipinski definition) is 6. The van der Waals surface area contributed by atoms with Crippen LogP contribution >= 0.6 is 69.6 Å². The van der Waals surface area contributed by atoms with Crippen LogP contribution < -0.4 is 9.47 Å². The first-order chi connectivity index (χ1) is 22.0. The van der Waals surface area contributed by atoms with Crippen LogP contribution in [0.25, 0.3) is 0 Å². The number of rotatable bonds is 12. The molecule has 0 unspecified atom stereocenters. The van der Waals surface area contributed by atoms with Gasteiger partial charge in [0.2, 0.25) is 0 Å². The van der Waals surface area contributed by atoms with Crippen molar-refractivity contribution < 1.29 is 19.1 Å². The Morgan fingerprint density at radius 2 is 0.978 bits per heavy atom. The first kappa shape index (κ1) is 37.6. The maximum absolute atomic E-state index is 12.3. The zero-order valence-electron chi connectivity index (χ0n) is 25.0. The van der Waals surface area contributed by atoms with Gasteiger partial charge in [-0.05, 0) is 37.1 Å². The van der Waals surface area contributed by atoms with Crippen molar-refractivity contribution in [3.8, 4) is 11.5 Å². The van der Waals surface area contributed by atoms with Crippen molar-refractivity contribution in [3.05, 3.63) is 91.8 Å². The number of nitrogens with zero attached hydrogens (tertiary/aromatic N) is 6. The fourth-order valence-corrected chi connectivity index (χ4v) is 5.92. The molecule has 4 rings (SSSR count). The highest BCUT2D eigenvalue weighted by Gasteiger charge is 2.17. The summed E-state index contributed by atoms with van der Waals surface area (Å²) in [5.74, 6) is 0.730. The zero-order valence-corrected chi connectivity index (χ0v) is 29.5. The van der Waals surface area contributed by atoms with Gasteiger partial charge in [-0.1, -0.05) is 83.5 Å². The first-order valence-electron chi connectivity index (χ1n) is 14.1. The molecule has 0 aliphatic rings. The van der Waals surface area contributed by atoms with Gasteiger partial charge in [0.25, 0.3) is 0 Å². The summed E-state index contributed by atoms with van der Waals surface area (Å²) in [5, 5.41) is 2.23. The molecule has 2 aromatic heterocycles. The van der Waals surface area contributed by atoms with Crippen LogP contribution in [0.1, 0.15) is 26.7 Å². The van der Waals surface area contributed by atoms with Crippen LogP contribution in [0.15, 0.2) is 61.7 Å². The summed E-state index contributed by atoms with van der Waals surface area (Å²) in [6.07, 6.45) is 11.0. The van der Waals surface area contributed by atoms with E-state index in [9.17, 15) is 9.59 Å². The summed E-state index contributed by atoms with van der Waals surface area (Å²) in [6.45, 7) is 6.57. The average Bonchev–Trinajstić information content (AvgIpc) is 3.74. The molecule has 0 bridgehead atoms. The Morgan fingerprint density at radius 3 is 1.26 bits per heavy atom. The predicted molar refractivity (Wildman–Crippen MR) is 184 cm³/mol. The number of ether oxygens (including phenoxy) is 2. The zero-order chi connectivity index (χ0) is 33.6. The number of amides is 2. The van der Waals surface area contributed by atoms with Gasteiger partial charge in [0.1, 0.15) is 25.9 Å². The highest BCUT2D eigenvalue weighted by molar-refractivity contribution is 6.41. The molecule has 0 fully saturated rings. The highest BCUT2D eigenvalue weighted by atomic mass is 35.5. The summed E-state index contributed by atoms with van der Waals surface area (Å²) in [4.78, 5) is 35.8. The van der Waals surface area contributed by atoms with Gasteiger partial charge in [-0.3, -0.25) is 9.13 Å². The van der Waals surface area contributed by atoms with Crippen LogP contribution in [0.5, 0.6) is 11.5 Å². The fraction of sp³-hybridized carbons (Fsp3) is 0.333. The lowest BCUT2D eigenvalue weighted by Crippen LogP contribution is -2.37. The van der Waals surface area contributed by atoms with Crippen molar-refractivity contribution in [2.45, 2.75) is 26.7 Å². The molecule has 0 N–H and O–H groups in total. The molecule has 0 saturated carbocycles. The number of benzene rings is 2. The molecular formula is C30H32Cl6N6O4. The number of imidazole rings is 2. The number of halogens is 6. The predicted octanol–water partition coefficient (Wildman–Crippen LogP) is 9.20. The minimum Gasteiger partial charge on any atom is -0.489 e. The van der Waals surface area contributed by atoms with Crippen molar-refractivity contribution in [1.82, 2.24) is 28.9 Å². The van der Waals surface area contributed by atoms with E-state index in [2.05, 4.69) is 9.97 Å². The van der Waals surface area contributed by atoms with Crippen molar-refractivity contribution in [2.75, 3.05) is 39.4 Å². The lowest BCUT2D eigenvalue weighted by atomic mass is 10.3. The van der Waals surface area contributed by atoms with Gasteiger partial charge in [0.15, 0.2) is 11.5 Å². The number of aromatic nitrogens is 4. The monoisotopic (exact) mass is 750 g/mol. The third-order valence-electron chi connectivity index (χ3n) is 6.12. The van der Waals surface area contributed by atoms with Gasteiger partial charge in [-0.2, -0.15) is 0 Å². The Hall–Kier alpha value is -2.86. The van der Waals surface area contributed by atoms with E-state index >= 15 is 0 Å². The molecular weight excluding hydrogens is 721 g/mol. The minimum absolute atomic E-state index is 0.152. The molecule has 2 heterocycles. The lowest BCUT2D eigenvalue weighted by molar-refractivity contribution is 0.183. The summed E-state index contributed by atoms with van der Waals surface area (Å²) >= 11 is 36.0. The van der Waals surface area contributed by atoms with E-state index in [-0.39, 0.29) is 25.3 Å². The second kappa shape index (κ2) is 19.1. The highest BCUT2D eigenvalue weighted by Crippen LogP contribution is 2.36. The maximum atomic E-state index is 12.3. The first-order valence-corrected chi connectivity index (χ1v) is 16.4. The molecule has 0 spiro atoms. The Labute approximate surface area is 297 Å². The lowest BCUT2D eigenvalue weighted by Gasteiger charge is -2.22. The van der Waals surface area contributed by atoms with E-state index in [1.807, 2.05) is 13.8 Å². The van der Waals surface area contributed by atoms with Crippen molar-refractivity contribution >= 4 is 81.7 Å². The standard InChI is InChI=1S/2C15H16Cl3N3O2/c2*1-2-4-20(15(22)21-5-3-19-10-21)6-7-23-14-12(17)8-11(16)9-13(14)18/h2*3,5,8-10H,2,4,6-7H2,1H3. The molecule has 10 nitrogen and oxygen atoms in total. The molecule has 16 heteroatoms. The van der Waals surface area contributed by atoms with Crippen LogP contribution in [-0.2, 0) is 0 Å². The summed E-state index contributed by atoms with van der Waals surface area (Å²) in [6, 6.07) is 5.94. The molecule has 2 amide bonds. The third kappa shape index (κ3) is 11.1. The Morgan fingerprint density at radius 1 is 0.630 bits per heavy atom. The molecule has 2 aromatic carbocycles. The molecule has 46 heavy (non-hydrogen) atoms. The van der Waals surface area contributed by atoms with Crippen molar-refractivity contribution in [3.63, 3.8) is 0 Å². The van der Waals surface area contributed by atoms with Crippen molar-refractivity contribution in [1.29, 1.82) is 0 Å². The second-order valence-electron chi connectivity index (χ2n) is 9.57. The molecule has 4 aromatic rings. The van der Waals surface area contributed by atoms with Gasteiger partial charge >= 0.3 is 12.1 Å². The molecule has 0 aliphatic heterocycles. The van der Waals surface area contributed by atoms with Gasteiger partial charge in [0.05, 0.1) is 33.2 Å². The summed E-state index contributed by atoms with van der Waals surface area (Å²) < 4.78 is 14.1. The van der Waals surface area contributed by atoms with Crippen LogP contribution in [0, 0.1) is 0 Å². The van der Waals surface area contributed by atoms with Gasteiger partial charge < -0.3 is 19.3 Å². The van der Waals surface area contributed by atoms with E-state index < -0.39 is 0 Å². The minimum atomic E-state index is -0.152. The normalized spacial score (nSPS) is 10.6. The van der Waals surface area contributed by atoms with Crippen LogP contribution in [0.2, 0.25) is 30.1 Å². The number of carbonyl (C=O) groups excluding carboxylic acids is 2. The second-order valence-corrected chi connectivity index (χ2v) is 12.1. The van der Waals surface area contributed by atoms with Crippen LogP contribution in [0.3, 0.4) is 0 Å². The quantitative estimate of drug-likeness (QED) is 0.143. The Bertz CT molecular complexity index is 1390. The summed E-state index contributed by atoms with van der Waals surface area (Å²) in [7, 11) is 0. The van der Waals surface area contributed by atoms with E-state index in [1.165, 1.54) is 21.8 Å². The third-order valence-corrected chi connectivity index (χ3v) is 7.68. The van der Waals surface area contributed by atoms with E-state index in [0.29, 0.717) is 67.8 Å². The largest absolute Gasteiger partial charge is 0.489 e. The molecule has 0 radical (unpaired) electrons. The number of carbonyl (C=O) groups is 2. The molecule has 0 aliphatic carbocycles. The molecule has 0 atom stereocenters. The van der Waals surface area contributed by atoms with Crippen LogP contribution in [-0.4, -0.2) is 80.4 Å². The Balaban J connectivity index is 0.000000250. The molecule has 248 valence electrons. The van der Waals surface area contributed by atoms with Crippen LogP contribution in [0.4, 0.5) is 9.59 Å². The van der Waals surface area contributed by atoms with Gasteiger partial charge in [-0.15, -0.1) is 0 Å². The fourth-order valence-electron chi connectivity index (χ4n) is 4.07. The number of hydrogen-bond donors (Lipinski definition) is 0. The maximum Gasteiger partial charge on any atom is 0.329 e. The Kier molecular flexibility index (Phi) is 15.6. The summed E-state index contributed by atoms with van der Waals surface area (Å²) in [5.41, 5.74) is 0. The van der Waals surface area contributed by atoms with Gasteiger partial charge in [-0.25, -0.2) is 19.6 Å². The van der Waals surface area contributed by atoms with E-state index in [0.717, 1.165) is 12.8 Å².